The molecule has 43 heavy (non-hydrogen) atoms. The van der Waals surface area contributed by atoms with Gasteiger partial charge in [0.25, 0.3) is 0 Å². The minimum atomic E-state index is -0.336. The summed E-state index contributed by atoms with van der Waals surface area (Å²) in [7, 11) is 1.69. The van der Waals surface area contributed by atoms with E-state index in [0.29, 0.717) is 25.4 Å². The number of rotatable bonds is 11. The number of ether oxygens (including phenoxy) is 2. The zero-order chi connectivity index (χ0) is 29.9. The molecule has 0 saturated carbocycles. The number of hydrogen-bond acceptors (Lipinski definition) is 7. The molecule has 0 unspecified atom stereocenters. The van der Waals surface area contributed by atoms with Crippen molar-refractivity contribution in [1.29, 1.82) is 0 Å². The number of benzene rings is 1. The summed E-state index contributed by atoms with van der Waals surface area (Å²) < 4.78 is 17.7. The van der Waals surface area contributed by atoms with Crippen LogP contribution in [0.4, 0.5) is 0 Å². The summed E-state index contributed by atoms with van der Waals surface area (Å²) in [5.41, 5.74) is 4.86. The highest BCUT2D eigenvalue weighted by Gasteiger charge is 2.58. The molecule has 3 saturated heterocycles. The number of furan rings is 1. The van der Waals surface area contributed by atoms with Crippen molar-refractivity contribution >= 4 is 17.9 Å². The molecule has 4 heterocycles. The van der Waals surface area contributed by atoms with E-state index in [4.69, 9.17) is 13.9 Å². The molecule has 3 fully saturated rings. The summed E-state index contributed by atoms with van der Waals surface area (Å²) in [6, 6.07) is 14.1. The Labute approximate surface area is 254 Å². The normalized spacial score (nSPS) is 26.9. The van der Waals surface area contributed by atoms with Gasteiger partial charge in [-0.1, -0.05) is 42.8 Å². The van der Waals surface area contributed by atoms with E-state index in [9.17, 15) is 14.7 Å². The van der Waals surface area contributed by atoms with Crippen molar-refractivity contribution in [2.45, 2.75) is 70.7 Å². The number of aliphatic hydroxyl groups is 1. The maximum Gasteiger partial charge on any atom is 0.234 e. The van der Waals surface area contributed by atoms with Gasteiger partial charge >= 0.3 is 0 Å². The zero-order valence-corrected chi connectivity index (χ0v) is 25.4. The van der Waals surface area contributed by atoms with E-state index in [1.165, 1.54) is 16.7 Å². The fourth-order valence-corrected chi connectivity index (χ4v) is 7.77. The highest BCUT2D eigenvalue weighted by atomic mass is 16.5. The van der Waals surface area contributed by atoms with E-state index < -0.39 is 0 Å². The number of aliphatic hydroxyl groups excluding tert-OH is 1. The minimum Gasteiger partial charge on any atom is -0.459 e. The van der Waals surface area contributed by atoms with Gasteiger partial charge in [0, 0.05) is 38.7 Å². The first-order valence-corrected chi connectivity index (χ1v) is 15.8. The quantitative estimate of drug-likeness (QED) is 0.293. The molecule has 8 heteroatoms. The van der Waals surface area contributed by atoms with Gasteiger partial charge in [-0.15, -0.1) is 0 Å². The predicted octanol–water partition coefficient (Wildman–Crippen LogP) is 4.97. The second-order valence-electron chi connectivity index (χ2n) is 12.5. The summed E-state index contributed by atoms with van der Waals surface area (Å²) in [4.78, 5) is 31.9. The fourth-order valence-electron chi connectivity index (χ4n) is 7.77. The van der Waals surface area contributed by atoms with E-state index in [-0.39, 0.29) is 48.3 Å². The van der Waals surface area contributed by atoms with Crippen LogP contribution in [0.1, 0.15) is 62.5 Å². The van der Waals surface area contributed by atoms with Crippen molar-refractivity contribution in [3.05, 3.63) is 76.3 Å². The Morgan fingerprint density at radius 1 is 1.07 bits per heavy atom. The zero-order valence-electron chi connectivity index (χ0n) is 25.4. The number of amides is 2. The third-order valence-electron chi connectivity index (χ3n) is 9.90. The lowest BCUT2D eigenvalue weighted by Gasteiger charge is -2.36. The molecule has 230 valence electrons. The topological polar surface area (TPSA) is 92.4 Å². The van der Waals surface area contributed by atoms with E-state index in [1.807, 2.05) is 12.1 Å². The van der Waals surface area contributed by atoms with Crippen LogP contribution in [0, 0.1) is 17.8 Å². The second-order valence-corrected chi connectivity index (χ2v) is 12.5. The second kappa shape index (κ2) is 13.3. The van der Waals surface area contributed by atoms with Crippen LogP contribution in [0.5, 0.6) is 0 Å². The molecule has 4 aliphatic rings. The predicted molar refractivity (Wildman–Crippen MR) is 162 cm³/mol. The van der Waals surface area contributed by atoms with Crippen LogP contribution >= 0.6 is 0 Å². The molecule has 0 radical (unpaired) electrons. The molecule has 1 aromatic heterocycles. The summed E-state index contributed by atoms with van der Waals surface area (Å²) in [6.07, 6.45) is 6.69. The van der Waals surface area contributed by atoms with Crippen molar-refractivity contribution in [2.75, 3.05) is 33.4 Å². The van der Waals surface area contributed by atoms with Crippen molar-refractivity contribution < 1.29 is 28.6 Å². The number of carbonyl (C=O) groups excluding carboxylic acids is 2. The Morgan fingerprint density at radius 3 is 2.56 bits per heavy atom. The number of hydrogen-bond donors (Lipinski definition) is 1. The number of fused-ring (bicyclic) bond motifs is 3. The molecule has 2 amide bonds. The molecular formula is C35H44N2O6. The summed E-state index contributed by atoms with van der Waals surface area (Å²) in [5, 5.41) is 9.32. The van der Waals surface area contributed by atoms with Gasteiger partial charge in [0.2, 0.25) is 11.8 Å². The Morgan fingerprint density at radius 2 is 1.86 bits per heavy atom. The van der Waals surface area contributed by atoms with Gasteiger partial charge in [-0.3, -0.25) is 19.4 Å². The van der Waals surface area contributed by atoms with Gasteiger partial charge in [-0.2, -0.15) is 0 Å². The van der Waals surface area contributed by atoms with Crippen molar-refractivity contribution in [3.8, 4) is 0 Å². The van der Waals surface area contributed by atoms with Gasteiger partial charge in [-0.25, -0.2) is 0 Å². The van der Waals surface area contributed by atoms with Gasteiger partial charge in [0.05, 0.1) is 31.2 Å². The molecule has 1 N–H and O–H groups in total. The van der Waals surface area contributed by atoms with E-state index in [0.717, 1.165) is 63.1 Å². The smallest absolute Gasteiger partial charge is 0.234 e. The molecule has 1 aromatic carbocycles. The molecule has 2 aromatic rings. The number of likely N-dealkylation sites (tertiary alicyclic amines) is 2. The highest BCUT2D eigenvalue weighted by molar-refractivity contribution is 6.06. The number of piperidine rings is 1. The van der Waals surface area contributed by atoms with Crippen molar-refractivity contribution in [2.24, 2.45) is 17.8 Å². The molecule has 0 bridgehead atoms. The average molecular weight is 589 g/mol. The van der Waals surface area contributed by atoms with Crippen LogP contribution in [0.2, 0.25) is 0 Å². The van der Waals surface area contributed by atoms with E-state index in [1.54, 1.807) is 18.1 Å². The van der Waals surface area contributed by atoms with Gasteiger partial charge in [-0.05, 0) is 73.4 Å². The maximum atomic E-state index is 14.0. The van der Waals surface area contributed by atoms with E-state index >= 15 is 0 Å². The molecule has 6 rings (SSSR count). The SMILES string of the molecule is CC/C(=C\c1ccc(CO)o1)CC[C@H]1OC[C@H]2C1=C(COC)C[C@H]1C(=O)N(C3CCN(Cc4ccccc4)CC3)C(=O)[C@H]12. The van der Waals surface area contributed by atoms with Gasteiger partial charge < -0.3 is 19.0 Å². The summed E-state index contributed by atoms with van der Waals surface area (Å²) >= 11 is 0. The minimum absolute atomic E-state index is 0.00418. The monoisotopic (exact) mass is 588 g/mol. The number of allylic oxidation sites excluding steroid dienone is 1. The largest absolute Gasteiger partial charge is 0.459 e. The Bertz CT molecular complexity index is 1360. The maximum absolute atomic E-state index is 14.0. The first-order valence-electron chi connectivity index (χ1n) is 15.8. The van der Waals surface area contributed by atoms with E-state index in [2.05, 4.69) is 42.2 Å². The number of imide groups is 1. The molecule has 8 nitrogen and oxygen atoms in total. The first kappa shape index (κ1) is 30.0. The Hall–Kier alpha value is -3.04. The lowest BCUT2D eigenvalue weighted by molar-refractivity contribution is -0.144. The third-order valence-corrected chi connectivity index (χ3v) is 9.90. The standard InChI is InChI=1S/C35H44N2O6/c1-3-23(17-27-10-11-28(20-38)43-27)9-12-31-32-25(21-41-2)18-29-33(30(32)22-42-31)35(40)37(34(29)39)26-13-15-36(16-14-26)19-24-7-5-4-6-8-24/h4-8,10-11,17,26,29-31,33,38H,3,9,12-16,18-22H2,1-2H3/b23-17+/t29-,30+,31-,33-/m1/s1. The van der Waals surface area contributed by atoms with Crippen LogP contribution in [0.15, 0.2) is 63.6 Å². The molecule has 1 aliphatic carbocycles. The van der Waals surface area contributed by atoms with Crippen LogP contribution in [0.25, 0.3) is 6.08 Å². The molecule has 0 spiro atoms. The third kappa shape index (κ3) is 6.16. The van der Waals surface area contributed by atoms with Crippen LogP contribution in [0.3, 0.4) is 0 Å². The van der Waals surface area contributed by atoms with Crippen LogP contribution in [-0.2, 0) is 32.2 Å². The highest BCUT2D eigenvalue weighted by Crippen LogP contribution is 2.50. The lowest BCUT2D eigenvalue weighted by Crippen LogP contribution is -2.47. The van der Waals surface area contributed by atoms with Crippen LogP contribution in [-0.4, -0.2) is 72.3 Å². The Kier molecular flexibility index (Phi) is 9.28. The molecule has 3 aliphatic heterocycles. The summed E-state index contributed by atoms with van der Waals surface area (Å²) in [6.45, 7) is 5.61. The number of methoxy groups -OCH3 is 1. The molecular weight excluding hydrogens is 544 g/mol. The molecule has 4 atom stereocenters. The van der Waals surface area contributed by atoms with Crippen molar-refractivity contribution in [1.82, 2.24) is 9.80 Å². The van der Waals surface area contributed by atoms with Gasteiger partial charge in [0.15, 0.2) is 0 Å². The number of nitrogens with zero attached hydrogens (tertiary/aromatic N) is 2. The summed E-state index contributed by atoms with van der Waals surface area (Å²) in [5.74, 6) is 0.582. The number of carbonyl (C=O) groups is 2. The fraction of sp³-hybridized carbons (Fsp3) is 0.543. The Balaban J connectivity index is 1.13. The first-order chi connectivity index (χ1) is 21.0. The van der Waals surface area contributed by atoms with Crippen molar-refractivity contribution in [3.63, 3.8) is 0 Å². The van der Waals surface area contributed by atoms with Crippen LogP contribution < -0.4 is 0 Å². The van der Waals surface area contributed by atoms with Gasteiger partial charge in [0.1, 0.15) is 18.1 Å². The lowest BCUT2D eigenvalue weighted by atomic mass is 9.69. The average Bonchev–Trinajstić information content (AvgIpc) is 3.73.